The van der Waals surface area contributed by atoms with Gasteiger partial charge in [0, 0.05) is 16.2 Å². The van der Waals surface area contributed by atoms with Gasteiger partial charge in [-0.15, -0.1) is 0 Å². The molecule has 0 saturated carbocycles. The average Bonchev–Trinajstić information content (AvgIpc) is 2.77. The largest absolute Gasteiger partial charge is 0.498 e. The zero-order valence-corrected chi connectivity index (χ0v) is 16.0. The highest BCUT2D eigenvalue weighted by molar-refractivity contribution is 7.82. The number of hydrogen-bond donors (Lipinski definition) is 2. The van der Waals surface area contributed by atoms with Gasteiger partial charge in [-0.3, -0.25) is 0 Å². The van der Waals surface area contributed by atoms with E-state index in [0.717, 1.165) is 0 Å². The van der Waals surface area contributed by atoms with Crippen molar-refractivity contribution in [2.45, 2.75) is 0 Å². The van der Waals surface area contributed by atoms with Crippen molar-refractivity contribution in [2.75, 3.05) is 6.61 Å². The molecule has 0 aliphatic carbocycles. The third-order valence-electron chi connectivity index (χ3n) is 4.16. The minimum Gasteiger partial charge on any atom is -0.498 e. The molecule has 0 aromatic heterocycles. The Bertz CT molecular complexity index is 1070. The average molecular weight is 386 g/mol. The van der Waals surface area contributed by atoms with Gasteiger partial charge in [-0.25, -0.2) is 0 Å². The van der Waals surface area contributed by atoms with Crippen LogP contribution >= 0.6 is 7.14 Å². The SMILES string of the molecule is O=P(C(O)=C=Cc1ccccc1C#CCO)(c1ccccc1)c1ccccc1. The first-order valence-corrected chi connectivity index (χ1v) is 10.4. The van der Waals surface area contributed by atoms with E-state index in [2.05, 4.69) is 17.6 Å². The first-order valence-electron chi connectivity index (χ1n) is 8.72. The van der Waals surface area contributed by atoms with Crippen molar-refractivity contribution in [2.24, 2.45) is 0 Å². The number of benzene rings is 3. The Morgan fingerprint density at radius 3 is 1.96 bits per heavy atom. The molecule has 0 bridgehead atoms. The van der Waals surface area contributed by atoms with E-state index >= 15 is 0 Å². The smallest absolute Gasteiger partial charge is 0.212 e. The van der Waals surface area contributed by atoms with Crippen LogP contribution in [0.1, 0.15) is 11.1 Å². The van der Waals surface area contributed by atoms with Crippen LogP contribution in [0.15, 0.2) is 96.2 Å². The van der Waals surface area contributed by atoms with Crippen LogP contribution in [-0.2, 0) is 4.57 Å². The van der Waals surface area contributed by atoms with E-state index in [0.29, 0.717) is 21.7 Å². The number of aliphatic hydroxyl groups excluding tert-OH is 2. The van der Waals surface area contributed by atoms with Crippen molar-refractivity contribution in [3.05, 3.63) is 107 Å². The summed E-state index contributed by atoms with van der Waals surface area (Å²) in [4.78, 5) is 0. The molecule has 0 heterocycles. The van der Waals surface area contributed by atoms with Crippen LogP contribution in [-0.4, -0.2) is 16.8 Å². The van der Waals surface area contributed by atoms with E-state index in [-0.39, 0.29) is 12.1 Å². The van der Waals surface area contributed by atoms with E-state index in [1.54, 1.807) is 60.7 Å². The molecule has 138 valence electrons. The first kappa shape index (κ1) is 19.5. The van der Waals surface area contributed by atoms with Crippen LogP contribution in [0.2, 0.25) is 0 Å². The van der Waals surface area contributed by atoms with Crippen LogP contribution in [0.4, 0.5) is 0 Å². The summed E-state index contributed by atoms with van der Waals surface area (Å²) < 4.78 is 14.0. The maximum Gasteiger partial charge on any atom is 0.212 e. The molecule has 0 radical (unpaired) electrons. The minimum atomic E-state index is -3.43. The summed E-state index contributed by atoms with van der Waals surface area (Å²) in [7, 11) is -3.43. The molecule has 3 nitrogen and oxygen atoms in total. The predicted octanol–water partition coefficient (Wildman–Crippen LogP) is 4.06. The van der Waals surface area contributed by atoms with E-state index < -0.39 is 7.14 Å². The molecule has 0 unspecified atom stereocenters. The van der Waals surface area contributed by atoms with Crippen molar-refractivity contribution >= 4 is 23.8 Å². The second kappa shape index (κ2) is 9.09. The summed E-state index contributed by atoms with van der Waals surface area (Å²) in [5.41, 5.74) is 3.88. The van der Waals surface area contributed by atoms with Gasteiger partial charge in [0.15, 0.2) is 0 Å². The lowest BCUT2D eigenvalue weighted by Crippen LogP contribution is -2.17. The number of rotatable bonds is 4. The molecule has 3 aromatic carbocycles. The summed E-state index contributed by atoms with van der Waals surface area (Å²) in [6.07, 6.45) is 1.56. The van der Waals surface area contributed by atoms with Crippen LogP contribution < -0.4 is 10.6 Å². The summed E-state index contributed by atoms with van der Waals surface area (Å²) in [6, 6.07) is 25.1. The molecule has 3 rings (SSSR count). The highest BCUT2D eigenvalue weighted by atomic mass is 31.2. The fraction of sp³-hybridized carbons (Fsp3) is 0.0417. The van der Waals surface area contributed by atoms with Crippen LogP contribution in [0.3, 0.4) is 0 Å². The van der Waals surface area contributed by atoms with Gasteiger partial charge in [0.05, 0.1) is 0 Å². The Hall–Kier alpha value is -3.27. The predicted molar refractivity (Wildman–Crippen MR) is 114 cm³/mol. The molecule has 0 spiro atoms. The van der Waals surface area contributed by atoms with E-state index in [1.807, 2.05) is 30.3 Å². The maximum absolute atomic E-state index is 14.0. The van der Waals surface area contributed by atoms with Gasteiger partial charge in [-0.2, -0.15) is 0 Å². The zero-order chi connectivity index (χ0) is 19.8. The van der Waals surface area contributed by atoms with Crippen LogP contribution in [0, 0.1) is 11.8 Å². The monoisotopic (exact) mass is 386 g/mol. The Balaban J connectivity index is 2.15. The number of hydrogen-bond acceptors (Lipinski definition) is 3. The van der Waals surface area contributed by atoms with E-state index in [1.165, 1.54) is 0 Å². The lowest BCUT2D eigenvalue weighted by molar-refractivity contribution is 0.350. The lowest BCUT2D eigenvalue weighted by Gasteiger charge is -2.17. The van der Waals surface area contributed by atoms with Gasteiger partial charge in [0.25, 0.3) is 0 Å². The molecule has 0 aliphatic heterocycles. The van der Waals surface area contributed by atoms with Crippen LogP contribution in [0.5, 0.6) is 0 Å². The Morgan fingerprint density at radius 1 is 0.857 bits per heavy atom. The third kappa shape index (κ3) is 4.17. The fourth-order valence-corrected chi connectivity index (χ4v) is 4.99. The molecule has 0 saturated heterocycles. The standard InChI is InChI=1S/C24H19O3P/c25-19-9-12-20-10-7-8-11-21(20)17-18-24(26)28(27,22-13-3-1-4-14-22)23-15-5-2-6-16-23/h1-8,10-11,13-17,25-26H,19H2. The van der Waals surface area contributed by atoms with Gasteiger partial charge in [0.2, 0.25) is 12.6 Å². The summed E-state index contributed by atoms with van der Waals surface area (Å²) in [6.45, 7) is -0.240. The highest BCUT2D eigenvalue weighted by Gasteiger charge is 2.32. The van der Waals surface area contributed by atoms with E-state index in [9.17, 15) is 9.67 Å². The normalized spacial score (nSPS) is 10.3. The zero-order valence-electron chi connectivity index (χ0n) is 15.1. The van der Waals surface area contributed by atoms with Crippen molar-refractivity contribution in [3.63, 3.8) is 0 Å². The molecule has 4 heteroatoms. The fourth-order valence-electron chi connectivity index (χ4n) is 2.77. The van der Waals surface area contributed by atoms with Gasteiger partial charge in [-0.05, 0) is 17.7 Å². The molecular weight excluding hydrogens is 367 g/mol. The third-order valence-corrected chi connectivity index (χ3v) is 6.93. The topological polar surface area (TPSA) is 57.5 Å². The second-order valence-corrected chi connectivity index (χ2v) is 8.61. The van der Waals surface area contributed by atoms with Gasteiger partial charge in [0.1, 0.15) is 6.61 Å². The molecule has 0 fully saturated rings. The molecule has 0 aliphatic rings. The highest BCUT2D eigenvalue weighted by Crippen LogP contribution is 2.49. The molecule has 28 heavy (non-hydrogen) atoms. The summed E-state index contributed by atoms with van der Waals surface area (Å²) in [5, 5.41) is 20.8. The maximum atomic E-state index is 14.0. The molecule has 0 atom stereocenters. The first-order chi connectivity index (χ1) is 13.7. The molecular formula is C24H19O3P. The van der Waals surface area contributed by atoms with Crippen molar-refractivity contribution in [3.8, 4) is 11.8 Å². The number of aliphatic hydroxyl groups is 2. The quantitative estimate of drug-likeness (QED) is 0.308. The Labute approximate surface area is 164 Å². The molecule has 3 aromatic rings. The van der Waals surface area contributed by atoms with Crippen molar-refractivity contribution in [1.29, 1.82) is 0 Å². The van der Waals surface area contributed by atoms with Gasteiger partial charge in [-0.1, -0.05) is 96.4 Å². The molecule has 2 N–H and O–H groups in total. The minimum absolute atomic E-state index is 0.240. The second-order valence-electron chi connectivity index (χ2n) is 5.94. The summed E-state index contributed by atoms with van der Waals surface area (Å²) >= 11 is 0. The Kier molecular flexibility index (Phi) is 6.33. The van der Waals surface area contributed by atoms with Gasteiger partial charge >= 0.3 is 0 Å². The Morgan fingerprint density at radius 2 is 1.39 bits per heavy atom. The van der Waals surface area contributed by atoms with Crippen molar-refractivity contribution in [1.82, 2.24) is 0 Å². The molecule has 0 amide bonds. The van der Waals surface area contributed by atoms with Crippen molar-refractivity contribution < 1.29 is 14.8 Å². The van der Waals surface area contributed by atoms with Crippen LogP contribution in [0.25, 0.3) is 6.08 Å². The van der Waals surface area contributed by atoms with E-state index in [4.69, 9.17) is 5.11 Å². The summed E-state index contributed by atoms with van der Waals surface area (Å²) in [5.74, 6) is 5.47. The lowest BCUT2D eigenvalue weighted by atomic mass is 10.1. The van der Waals surface area contributed by atoms with Gasteiger partial charge < -0.3 is 14.8 Å².